The van der Waals surface area contributed by atoms with E-state index in [1.807, 2.05) is 58.0 Å². The second-order valence-electron chi connectivity index (χ2n) is 10.5. The van der Waals surface area contributed by atoms with Crippen molar-refractivity contribution in [1.29, 1.82) is 0 Å². The van der Waals surface area contributed by atoms with Crippen LogP contribution in [0.1, 0.15) is 47.5 Å². The summed E-state index contributed by atoms with van der Waals surface area (Å²) in [6.45, 7) is 9.53. The topological polar surface area (TPSA) is 98.7 Å². The Bertz CT molecular complexity index is 939. The predicted octanol–water partition coefficient (Wildman–Crippen LogP) is 2.65. The van der Waals surface area contributed by atoms with Gasteiger partial charge in [0.05, 0.1) is 29.2 Å². The number of aliphatic hydroxyl groups excluding tert-OH is 1. The number of fused-ring (bicyclic) bond motifs is 1. The predicted molar refractivity (Wildman–Crippen MR) is 130 cm³/mol. The van der Waals surface area contributed by atoms with Gasteiger partial charge in [0.25, 0.3) is 0 Å². The summed E-state index contributed by atoms with van der Waals surface area (Å²) in [5, 5.41) is 16.2. The van der Waals surface area contributed by atoms with Crippen LogP contribution in [0.2, 0.25) is 0 Å². The highest BCUT2D eigenvalue weighted by atomic mass is 32.2. The highest BCUT2D eigenvalue weighted by molar-refractivity contribution is 8.02. The van der Waals surface area contributed by atoms with Crippen molar-refractivity contribution in [3.05, 3.63) is 30.3 Å². The van der Waals surface area contributed by atoms with E-state index in [4.69, 9.17) is 0 Å². The molecule has 3 N–H and O–H groups in total. The molecule has 180 valence electrons. The molecule has 1 aromatic carbocycles. The Hall–Kier alpha value is -2.06. The van der Waals surface area contributed by atoms with Crippen LogP contribution in [-0.2, 0) is 14.4 Å². The molecular formula is C25H35N3O4S. The number of likely N-dealkylation sites (tertiary alicyclic amines) is 1. The number of carbonyl (C=O) groups is 3. The van der Waals surface area contributed by atoms with E-state index in [0.717, 1.165) is 6.42 Å². The van der Waals surface area contributed by atoms with Gasteiger partial charge in [-0.15, -0.1) is 11.8 Å². The number of amides is 3. The molecule has 1 aromatic rings. The quantitative estimate of drug-likeness (QED) is 0.566. The number of hydrogen-bond donors (Lipinski definition) is 3. The molecule has 4 rings (SSSR count). The number of nitrogens with one attached hydrogen (secondary N) is 2. The van der Waals surface area contributed by atoms with Gasteiger partial charge in [0, 0.05) is 16.5 Å². The maximum Gasteiger partial charge on any atom is 0.244 e. The van der Waals surface area contributed by atoms with Gasteiger partial charge < -0.3 is 20.6 Å². The van der Waals surface area contributed by atoms with E-state index in [-0.39, 0.29) is 36.3 Å². The summed E-state index contributed by atoms with van der Waals surface area (Å²) in [7, 11) is 0. The monoisotopic (exact) mass is 473 g/mol. The molecule has 3 aliphatic heterocycles. The first-order valence-electron chi connectivity index (χ1n) is 11.8. The summed E-state index contributed by atoms with van der Waals surface area (Å²) < 4.78 is -1.10. The van der Waals surface area contributed by atoms with Crippen LogP contribution in [0.25, 0.3) is 0 Å². The molecule has 7 nitrogen and oxygen atoms in total. The average molecular weight is 474 g/mol. The Kier molecular flexibility index (Phi) is 6.29. The van der Waals surface area contributed by atoms with Gasteiger partial charge in [-0.25, -0.2) is 0 Å². The third-order valence-corrected chi connectivity index (χ3v) is 9.52. The molecule has 2 unspecified atom stereocenters. The first kappa shape index (κ1) is 24.1. The molecule has 3 heterocycles. The molecule has 3 amide bonds. The van der Waals surface area contributed by atoms with Crippen molar-refractivity contribution in [2.24, 2.45) is 17.8 Å². The van der Waals surface area contributed by atoms with E-state index >= 15 is 0 Å². The molecule has 2 bridgehead atoms. The van der Waals surface area contributed by atoms with E-state index in [0.29, 0.717) is 12.1 Å². The third-order valence-electron chi connectivity index (χ3n) is 7.53. The van der Waals surface area contributed by atoms with Crippen molar-refractivity contribution in [2.75, 3.05) is 11.9 Å². The van der Waals surface area contributed by atoms with Crippen LogP contribution in [0.5, 0.6) is 0 Å². The van der Waals surface area contributed by atoms with Crippen molar-refractivity contribution in [3.8, 4) is 0 Å². The number of thioether (sulfide) groups is 1. The van der Waals surface area contributed by atoms with Gasteiger partial charge in [0.2, 0.25) is 17.7 Å². The first-order valence-corrected chi connectivity index (χ1v) is 12.7. The molecule has 3 fully saturated rings. The van der Waals surface area contributed by atoms with Gasteiger partial charge in [-0.2, -0.15) is 0 Å². The zero-order valence-electron chi connectivity index (χ0n) is 20.0. The van der Waals surface area contributed by atoms with Crippen LogP contribution in [-0.4, -0.2) is 62.0 Å². The van der Waals surface area contributed by atoms with E-state index in [9.17, 15) is 19.5 Å². The highest BCUT2D eigenvalue weighted by Gasteiger charge is 2.77. The lowest BCUT2D eigenvalue weighted by Crippen LogP contribution is -2.58. The summed E-state index contributed by atoms with van der Waals surface area (Å²) in [5.74, 6) is -1.73. The van der Waals surface area contributed by atoms with Gasteiger partial charge in [0.1, 0.15) is 6.04 Å². The lowest BCUT2D eigenvalue weighted by Gasteiger charge is -2.38. The minimum Gasteiger partial charge on any atom is -0.394 e. The highest BCUT2D eigenvalue weighted by Crippen LogP contribution is 2.71. The number of benzene rings is 1. The maximum absolute atomic E-state index is 14.0. The maximum atomic E-state index is 14.0. The summed E-state index contributed by atoms with van der Waals surface area (Å²) in [5.41, 5.74) is 0.694. The number of aliphatic hydroxyl groups is 1. The van der Waals surface area contributed by atoms with Gasteiger partial charge in [-0.1, -0.05) is 32.0 Å². The largest absolute Gasteiger partial charge is 0.394 e. The molecule has 33 heavy (non-hydrogen) atoms. The molecule has 1 spiro atoms. The zero-order chi connectivity index (χ0) is 24.1. The van der Waals surface area contributed by atoms with E-state index < -0.39 is 33.4 Å². The molecule has 6 atom stereocenters. The summed E-state index contributed by atoms with van der Waals surface area (Å²) in [6.07, 6.45) is 1.46. The molecule has 3 aliphatic rings. The summed E-state index contributed by atoms with van der Waals surface area (Å²) >= 11 is 1.64. The van der Waals surface area contributed by atoms with Crippen molar-refractivity contribution >= 4 is 35.2 Å². The smallest absolute Gasteiger partial charge is 0.244 e. The molecular weight excluding hydrogens is 438 g/mol. The van der Waals surface area contributed by atoms with Crippen LogP contribution in [0, 0.1) is 17.8 Å². The lowest BCUT2D eigenvalue weighted by molar-refractivity contribution is -0.143. The van der Waals surface area contributed by atoms with E-state index in [2.05, 4.69) is 17.6 Å². The van der Waals surface area contributed by atoms with E-state index in [1.54, 1.807) is 16.7 Å². The Morgan fingerprint density at radius 2 is 1.82 bits per heavy atom. The second-order valence-corrected chi connectivity index (χ2v) is 12.4. The lowest BCUT2D eigenvalue weighted by atomic mass is 9.66. The van der Waals surface area contributed by atoms with Crippen LogP contribution in [0.4, 0.5) is 5.69 Å². The SMILES string of the molecule is CC(C)NC(=O)C1N([C@@H](CO)C(C)C)C(=O)[C@@H]2[C@@H](C(=O)Nc3ccccc3)[C@@]3(C)CCC12S3. The van der Waals surface area contributed by atoms with Gasteiger partial charge >= 0.3 is 0 Å². The van der Waals surface area contributed by atoms with Crippen molar-refractivity contribution < 1.29 is 19.5 Å². The number of para-hydroxylation sites is 1. The number of nitrogens with zero attached hydrogens (tertiary/aromatic N) is 1. The number of rotatable bonds is 7. The molecule has 0 radical (unpaired) electrons. The van der Waals surface area contributed by atoms with Crippen LogP contribution in [0.3, 0.4) is 0 Å². The third kappa shape index (κ3) is 3.75. The van der Waals surface area contributed by atoms with Crippen molar-refractivity contribution in [2.45, 2.75) is 75.1 Å². The Morgan fingerprint density at radius 3 is 2.39 bits per heavy atom. The van der Waals surface area contributed by atoms with Gasteiger partial charge in [0.15, 0.2) is 0 Å². The van der Waals surface area contributed by atoms with Gasteiger partial charge in [-0.3, -0.25) is 14.4 Å². The fourth-order valence-electron chi connectivity index (χ4n) is 6.15. The van der Waals surface area contributed by atoms with Crippen LogP contribution >= 0.6 is 11.8 Å². The molecule has 8 heteroatoms. The number of hydrogen-bond acceptors (Lipinski definition) is 5. The molecule has 0 aliphatic carbocycles. The van der Waals surface area contributed by atoms with Crippen molar-refractivity contribution in [3.63, 3.8) is 0 Å². The Balaban J connectivity index is 1.76. The minimum absolute atomic E-state index is 0.0297. The second kappa shape index (κ2) is 8.62. The minimum atomic E-state index is -0.710. The fraction of sp³-hybridized carbons (Fsp3) is 0.640. The van der Waals surface area contributed by atoms with Crippen molar-refractivity contribution in [1.82, 2.24) is 10.2 Å². The standard InChI is InChI=1S/C25H35N3O4S/c1-14(2)17(13-29)28-20(22(31)26-15(3)4)25-12-11-24(5,33-25)18(19(25)23(28)32)21(30)27-16-9-7-6-8-10-16/h6-10,14-15,17-20,29H,11-13H2,1-5H3,(H,26,31)(H,27,30)/t17-,18-,19-,20?,24+,25?/m0/s1. The van der Waals surface area contributed by atoms with Crippen LogP contribution in [0.15, 0.2) is 30.3 Å². The normalized spacial score (nSPS) is 33.5. The molecule has 0 saturated carbocycles. The van der Waals surface area contributed by atoms with Gasteiger partial charge in [-0.05, 0) is 51.7 Å². The average Bonchev–Trinajstić information content (AvgIpc) is 3.30. The van der Waals surface area contributed by atoms with E-state index in [1.165, 1.54) is 0 Å². The number of anilines is 1. The van der Waals surface area contributed by atoms with Crippen LogP contribution < -0.4 is 10.6 Å². The Morgan fingerprint density at radius 1 is 1.15 bits per heavy atom. The zero-order valence-corrected chi connectivity index (χ0v) is 20.8. The Labute approximate surface area is 200 Å². The molecule has 3 saturated heterocycles. The molecule has 0 aromatic heterocycles. The number of carbonyl (C=O) groups excluding carboxylic acids is 3. The summed E-state index contributed by atoms with van der Waals surface area (Å²) in [6, 6.07) is 8.00. The fourth-order valence-corrected chi connectivity index (χ4v) is 8.49. The summed E-state index contributed by atoms with van der Waals surface area (Å²) in [4.78, 5) is 42.8. The first-order chi connectivity index (χ1) is 15.6.